The fraction of sp³-hybridized carbons (Fsp3) is 0.333. The highest BCUT2D eigenvalue weighted by molar-refractivity contribution is 9.10. The van der Waals surface area contributed by atoms with Crippen LogP contribution in [0.3, 0.4) is 0 Å². The molecule has 100 valence electrons. The average Bonchev–Trinajstić information content (AvgIpc) is 2.41. The summed E-state index contributed by atoms with van der Waals surface area (Å²) in [6, 6.07) is 10.0. The third-order valence-corrected chi connectivity index (χ3v) is 3.93. The summed E-state index contributed by atoms with van der Waals surface area (Å²) < 4.78 is 1.03. The van der Waals surface area contributed by atoms with Gasteiger partial charge in [-0.3, -0.25) is 4.98 Å². The minimum atomic E-state index is -0.0378. The summed E-state index contributed by atoms with van der Waals surface area (Å²) in [6.45, 7) is 7.12. The van der Waals surface area contributed by atoms with E-state index in [1.165, 1.54) is 0 Å². The molecule has 0 saturated heterocycles. The van der Waals surface area contributed by atoms with Crippen molar-refractivity contribution < 1.29 is 0 Å². The zero-order valence-electron chi connectivity index (χ0n) is 11.4. The summed E-state index contributed by atoms with van der Waals surface area (Å²) >= 11 is 3.46. The minimum Gasteiger partial charge on any atom is -0.369 e. The van der Waals surface area contributed by atoms with Gasteiger partial charge in [-0.15, -0.1) is 0 Å². The molecule has 0 fully saturated rings. The quantitative estimate of drug-likeness (QED) is 0.927. The van der Waals surface area contributed by atoms with Crippen LogP contribution in [0.25, 0.3) is 0 Å². The summed E-state index contributed by atoms with van der Waals surface area (Å²) in [5.74, 6) is 0.893. The predicted octanol–water partition coefficient (Wildman–Crippen LogP) is 3.94. The lowest BCUT2D eigenvalue weighted by atomic mass is 9.89. The Morgan fingerprint density at radius 2 is 2.00 bits per heavy atom. The molecule has 0 atom stereocenters. The van der Waals surface area contributed by atoms with Gasteiger partial charge < -0.3 is 5.32 Å². The van der Waals surface area contributed by atoms with E-state index in [2.05, 4.69) is 51.1 Å². The van der Waals surface area contributed by atoms with Gasteiger partial charge in [-0.2, -0.15) is 0 Å². The summed E-state index contributed by atoms with van der Waals surface area (Å²) in [6.07, 6.45) is 1.83. The minimum absolute atomic E-state index is 0.0378. The van der Waals surface area contributed by atoms with Gasteiger partial charge in [0.15, 0.2) is 0 Å². The number of pyridine rings is 2. The molecule has 2 rings (SSSR count). The molecule has 0 aliphatic heterocycles. The van der Waals surface area contributed by atoms with E-state index >= 15 is 0 Å². The van der Waals surface area contributed by atoms with Crippen LogP contribution in [0.1, 0.15) is 25.2 Å². The third kappa shape index (κ3) is 3.53. The van der Waals surface area contributed by atoms with Gasteiger partial charge in [-0.05, 0) is 47.1 Å². The number of hydrogen-bond donors (Lipinski definition) is 1. The van der Waals surface area contributed by atoms with Crippen LogP contribution < -0.4 is 5.32 Å². The highest BCUT2D eigenvalue weighted by Crippen LogP contribution is 2.22. The topological polar surface area (TPSA) is 37.8 Å². The van der Waals surface area contributed by atoms with Crippen molar-refractivity contribution in [1.82, 2.24) is 9.97 Å². The number of hydrogen-bond acceptors (Lipinski definition) is 3. The SMILES string of the molecule is Cc1nc(NCC(C)(C)c2ccccn2)ccc1Br. The van der Waals surface area contributed by atoms with E-state index in [0.29, 0.717) is 0 Å². The van der Waals surface area contributed by atoms with Gasteiger partial charge in [0, 0.05) is 28.3 Å². The largest absolute Gasteiger partial charge is 0.369 e. The second-order valence-electron chi connectivity index (χ2n) is 5.22. The van der Waals surface area contributed by atoms with Gasteiger partial charge in [0.05, 0.1) is 5.69 Å². The zero-order chi connectivity index (χ0) is 13.9. The number of rotatable bonds is 4. The molecule has 0 aromatic carbocycles. The van der Waals surface area contributed by atoms with Crippen LogP contribution in [0.2, 0.25) is 0 Å². The lowest BCUT2D eigenvalue weighted by molar-refractivity contribution is 0.537. The maximum Gasteiger partial charge on any atom is 0.126 e. The van der Waals surface area contributed by atoms with Gasteiger partial charge in [-0.25, -0.2) is 4.98 Å². The molecule has 4 heteroatoms. The fourth-order valence-electron chi connectivity index (χ4n) is 1.81. The molecule has 0 unspecified atom stereocenters. The first-order chi connectivity index (χ1) is 8.99. The molecule has 0 saturated carbocycles. The number of aromatic nitrogens is 2. The standard InChI is InChI=1S/C15H18BrN3/c1-11-12(16)7-8-14(19-11)18-10-15(2,3)13-6-4-5-9-17-13/h4-9H,10H2,1-3H3,(H,18,19). The van der Waals surface area contributed by atoms with E-state index in [4.69, 9.17) is 0 Å². The predicted molar refractivity (Wildman–Crippen MR) is 82.4 cm³/mol. The Kier molecular flexibility index (Phi) is 4.20. The first-order valence-corrected chi connectivity index (χ1v) is 7.07. The first kappa shape index (κ1) is 14.0. The Morgan fingerprint density at radius 1 is 1.21 bits per heavy atom. The molecule has 3 nitrogen and oxygen atoms in total. The second-order valence-corrected chi connectivity index (χ2v) is 6.07. The van der Waals surface area contributed by atoms with Gasteiger partial charge in [0.2, 0.25) is 0 Å². The van der Waals surface area contributed by atoms with Gasteiger partial charge in [0.25, 0.3) is 0 Å². The van der Waals surface area contributed by atoms with Crippen molar-refractivity contribution in [3.05, 3.63) is 52.4 Å². The van der Waals surface area contributed by atoms with Gasteiger partial charge >= 0.3 is 0 Å². The van der Waals surface area contributed by atoms with Gasteiger partial charge in [0.1, 0.15) is 5.82 Å². The number of nitrogens with one attached hydrogen (secondary N) is 1. The van der Waals surface area contributed by atoms with E-state index in [0.717, 1.165) is 28.2 Å². The third-order valence-electron chi connectivity index (χ3n) is 3.09. The van der Waals surface area contributed by atoms with Crippen LogP contribution in [-0.2, 0) is 5.41 Å². The highest BCUT2D eigenvalue weighted by Gasteiger charge is 2.21. The molecule has 19 heavy (non-hydrogen) atoms. The number of anilines is 1. The van der Waals surface area contributed by atoms with E-state index < -0.39 is 0 Å². The van der Waals surface area contributed by atoms with Crippen molar-refractivity contribution in [1.29, 1.82) is 0 Å². The van der Waals surface area contributed by atoms with Crippen LogP contribution in [0.5, 0.6) is 0 Å². The molecular formula is C15H18BrN3. The molecule has 0 radical (unpaired) electrons. The lowest BCUT2D eigenvalue weighted by Crippen LogP contribution is -2.28. The van der Waals surface area contributed by atoms with Crippen LogP contribution in [0.4, 0.5) is 5.82 Å². The van der Waals surface area contributed by atoms with Crippen molar-refractivity contribution in [2.24, 2.45) is 0 Å². The maximum absolute atomic E-state index is 4.49. The molecule has 1 N–H and O–H groups in total. The molecule has 0 aliphatic rings. The smallest absolute Gasteiger partial charge is 0.126 e. The Labute approximate surface area is 122 Å². The number of aryl methyl sites for hydroxylation is 1. The Morgan fingerprint density at radius 3 is 2.63 bits per heavy atom. The van der Waals surface area contributed by atoms with E-state index in [9.17, 15) is 0 Å². The first-order valence-electron chi connectivity index (χ1n) is 6.27. The number of nitrogens with zero attached hydrogens (tertiary/aromatic N) is 2. The van der Waals surface area contributed by atoms with E-state index in [-0.39, 0.29) is 5.41 Å². The van der Waals surface area contributed by atoms with Crippen molar-refractivity contribution in [3.8, 4) is 0 Å². The van der Waals surface area contributed by atoms with Gasteiger partial charge in [-0.1, -0.05) is 19.9 Å². The van der Waals surface area contributed by atoms with Crippen LogP contribution in [0, 0.1) is 6.92 Å². The van der Waals surface area contributed by atoms with Crippen molar-refractivity contribution >= 4 is 21.7 Å². The summed E-state index contributed by atoms with van der Waals surface area (Å²) in [4.78, 5) is 8.92. The van der Waals surface area contributed by atoms with Crippen LogP contribution >= 0.6 is 15.9 Å². The Hall–Kier alpha value is -1.42. The Bertz CT molecular complexity index is 553. The molecule has 0 bridgehead atoms. The summed E-state index contributed by atoms with van der Waals surface area (Å²) in [5.41, 5.74) is 2.03. The molecule has 2 aromatic rings. The van der Waals surface area contributed by atoms with Crippen molar-refractivity contribution in [2.75, 3.05) is 11.9 Å². The fourth-order valence-corrected chi connectivity index (χ4v) is 2.03. The average molecular weight is 320 g/mol. The summed E-state index contributed by atoms with van der Waals surface area (Å²) in [7, 11) is 0. The normalized spacial score (nSPS) is 11.4. The van der Waals surface area contributed by atoms with Crippen LogP contribution in [0.15, 0.2) is 41.0 Å². The van der Waals surface area contributed by atoms with E-state index in [1.54, 1.807) is 0 Å². The molecule has 2 aromatic heterocycles. The van der Waals surface area contributed by atoms with Crippen molar-refractivity contribution in [2.45, 2.75) is 26.2 Å². The van der Waals surface area contributed by atoms with E-state index in [1.807, 2.05) is 37.4 Å². The maximum atomic E-state index is 4.49. The monoisotopic (exact) mass is 319 g/mol. The zero-order valence-corrected chi connectivity index (χ0v) is 13.0. The molecule has 0 aliphatic carbocycles. The molecule has 0 spiro atoms. The number of halogens is 1. The van der Waals surface area contributed by atoms with Crippen LogP contribution in [-0.4, -0.2) is 16.5 Å². The second kappa shape index (κ2) is 5.70. The highest BCUT2D eigenvalue weighted by atomic mass is 79.9. The Balaban J connectivity index is 2.07. The molecule has 0 amide bonds. The molecular weight excluding hydrogens is 302 g/mol. The van der Waals surface area contributed by atoms with Crippen molar-refractivity contribution in [3.63, 3.8) is 0 Å². The molecule has 2 heterocycles. The summed E-state index contributed by atoms with van der Waals surface area (Å²) in [5, 5.41) is 3.38. The lowest BCUT2D eigenvalue weighted by Gasteiger charge is -2.24.